The standard InChI is InChI=1S/C27H31F2N5O2/c1-19-17-23(32-25(30-19)34-14-10-27(28,29)11-15-34)31-24(36)21-5-4-20(3-2-16-35)18-22(21)33-12-8-26(6-7-26)9-13-33/h4-5,17-18,35H,6-16H2,1H3,(H,30,31,32,36). The smallest absolute Gasteiger partial charge is 0.258 e. The van der Waals surface area contributed by atoms with Gasteiger partial charge in [-0.2, -0.15) is 4.98 Å². The highest BCUT2D eigenvalue weighted by atomic mass is 19.3. The lowest BCUT2D eigenvalue weighted by Gasteiger charge is -2.35. The van der Waals surface area contributed by atoms with Gasteiger partial charge in [0.15, 0.2) is 0 Å². The number of piperidine rings is 2. The number of aryl methyl sites for hydroxylation is 1. The number of nitrogens with one attached hydrogen (secondary N) is 1. The van der Waals surface area contributed by atoms with Gasteiger partial charge < -0.3 is 20.2 Å². The molecule has 2 aliphatic heterocycles. The fourth-order valence-corrected chi connectivity index (χ4v) is 5.08. The number of aliphatic hydroxyl groups excluding tert-OH is 1. The number of nitrogens with zero attached hydrogens (tertiary/aromatic N) is 4. The summed E-state index contributed by atoms with van der Waals surface area (Å²) >= 11 is 0. The van der Waals surface area contributed by atoms with E-state index in [1.807, 2.05) is 6.07 Å². The lowest BCUT2D eigenvalue weighted by atomic mass is 9.92. The van der Waals surface area contributed by atoms with Gasteiger partial charge in [-0.05, 0) is 56.2 Å². The Bertz CT molecular complexity index is 1200. The summed E-state index contributed by atoms with van der Waals surface area (Å²) in [4.78, 5) is 26.3. The molecule has 9 heteroatoms. The van der Waals surface area contributed by atoms with Crippen LogP contribution in [0, 0.1) is 24.2 Å². The van der Waals surface area contributed by atoms with Crippen molar-refractivity contribution in [3.63, 3.8) is 0 Å². The number of rotatable bonds is 4. The van der Waals surface area contributed by atoms with Crippen LogP contribution in [-0.4, -0.2) is 59.7 Å². The Kier molecular flexibility index (Phi) is 6.56. The van der Waals surface area contributed by atoms with Crippen molar-refractivity contribution >= 4 is 23.4 Å². The van der Waals surface area contributed by atoms with E-state index in [0.29, 0.717) is 28.4 Å². The molecule has 1 spiro atoms. The summed E-state index contributed by atoms with van der Waals surface area (Å²) in [7, 11) is 0. The third kappa shape index (κ3) is 5.44. The lowest BCUT2D eigenvalue weighted by Crippen LogP contribution is -2.40. The summed E-state index contributed by atoms with van der Waals surface area (Å²) in [5.74, 6) is 3.34. The van der Waals surface area contributed by atoms with Gasteiger partial charge in [-0.3, -0.25) is 4.79 Å². The van der Waals surface area contributed by atoms with Crippen LogP contribution in [0.25, 0.3) is 0 Å². The predicted molar refractivity (Wildman–Crippen MR) is 135 cm³/mol. The molecule has 3 fully saturated rings. The molecule has 36 heavy (non-hydrogen) atoms. The van der Waals surface area contributed by atoms with E-state index in [1.54, 1.807) is 30.0 Å². The van der Waals surface area contributed by atoms with Crippen LogP contribution >= 0.6 is 0 Å². The molecule has 1 aromatic heterocycles. The van der Waals surface area contributed by atoms with Gasteiger partial charge in [-0.15, -0.1) is 0 Å². The quantitative estimate of drug-likeness (QED) is 0.625. The minimum Gasteiger partial charge on any atom is -0.384 e. The Morgan fingerprint density at radius 3 is 2.39 bits per heavy atom. The number of carbonyl (C=O) groups is 1. The van der Waals surface area contributed by atoms with Crippen LogP contribution in [-0.2, 0) is 0 Å². The summed E-state index contributed by atoms with van der Waals surface area (Å²) in [5, 5.41) is 12.0. The third-order valence-corrected chi connectivity index (χ3v) is 7.54. The summed E-state index contributed by atoms with van der Waals surface area (Å²) in [6.45, 7) is 3.66. The number of benzene rings is 1. The van der Waals surface area contributed by atoms with E-state index in [4.69, 9.17) is 5.11 Å². The highest BCUT2D eigenvalue weighted by Crippen LogP contribution is 2.54. The normalized spacial score (nSPS) is 20.0. The van der Waals surface area contributed by atoms with Gasteiger partial charge in [-0.25, -0.2) is 13.8 Å². The zero-order valence-corrected chi connectivity index (χ0v) is 20.5. The molecule has 1 aliphatic carbocycles. The summed E-state index contributed by atoms with van der Waals surface area (Å²) in [6, 6.07) is 7.12. The van der Waals surface area contributed by atoms with Crippen LogP contribution in [0.2, 0.25) is 0 Å². The second-order valence-electron chi connectivity index (χ2n) is 10.2. The molecule has 2 saturated heterocycles. The van der Waals surface area contributed by atoms with Crippen molar-refractivity contribution < 1.29 is 18.7 Å². The van der Waals surface area contributed by atoms with Crippen LogP contribution in [0.15, 0.2) is 24.3 Å². The predicted octanol–water partition coefficient (Wildman–Crippen LogP) is 4.00. The third-order valence-electron chi connectivity index (χ3n) is 7.54. The first-order valence-corrected chi connectivity index (χ1v) is 12.5. The molecule has 1 saturated carbocycles. The van der Waals surface area contributed by atoms with Gasteiger partial charge >= 0.3 is 0 Å². The van der Waals surface area contributed by atoms with Crippen molar-refractivity contribution in [3.8, 4) is 11.8 Å². The van der Waals surface area contributed by atoms with E-state index >= 15 is 0 Å². The van der Waals surface area contributed by atoms with Crippen molar-refractivity contribution in [2.75, 3.05) is 47.9 Å². The number of carbonyl (C=O) groups excluding carboxylic acids is 1. The van der Waals surface area contributed by atoms with Crippen LogP contribution < -0.4 is 15.1 Å². The van der Waals surface area contributed by atoms with Crippen LogP contribution in [0.5, 0.6) is 0 Å². The first kappa shape index (κ1) is 24.4. The maximum absolute atomic E-state index is 13.6. The Labute approximate surface area is 209 Å². The van der Waals surface area contributed by atoms with Crippen molar-refractivity contribution in [1.29, 1.82) is 0 Å². The molecule has 0 bridgehead atoms. The van der Waals surface area contributed by atoms with Crippen LogP contribution in [0.1, 0.15) is 60.1 Å². The second kappa shape index (κ2) is 9.66. The summed E-state index contributed by atoms with van der Waals surface area (Å²) < 4.78 is 27.2. The molecule has 2 aromatic rings. The van der Waals surface area contributed by atoms with E-state index in [-0.39, 0.29) is 38.4 Å². The van der Waals surface area contributed by atoms with Gasteiger partial charge in [0.05, 0.1) is 11.3 Å². The average Bonchev–Trinajstić information content (AvgIpc) is 3.61. The number of hydrogen-bond donors (Lipinski definition) is 2. The Morgan fingerprint density at radius 1 is 1.03 bits per heavy atom. The molecular weight excluding hydrogens is 464 g/mol. The summed E-state index contributed by atoms with van der Waals surface area (Å²) in [6.07, 6.45) is 4.34. The fraction of sp³-hybridized carbons (Fsp3) is 0.519. The summed E-state index contributed by atoms with van der Waals surface area (Å²) in [5.41, 5.74) is 3.22. The van der Waals surface area contributed by atoms with E-state index < -0.39 is 5.92 Å². The highest BCUT2D eigenvalue weighted by Gasteiger charge is 2.44. The second-order valence-corrected chi connectivity index (χ2v) is 10.2. The van der Waals surface area contributed by atoms with Gasteiger partial charge in [-0.1, -0.05) is 11.8 Å². The molecule has 3 heterocycles. The van der Waals surface area contributed by atoms with Crippen molar-refractivity contribution in [2.45, 2.75) is 51.4 Å². The number of anilines is 3. The maximum Gasteiger partial charge on any atom is 0.258 e. The number of aliphatic hydroxyl groups is 1. The monoisotopic (exact) mass is 495 g/mol. The Balaban J connectivity index is 1.38. The van der Waals surface area contributed by atoms with E-state index in [1.165, 1.54) is 12.8 Å². The van der Waals surface area contributed by atoms with Crippen LogP contribution in [0.3, 0.4) is 0 Å². The number of halogens is 2. The lowest BCUT2D eigenvalue weighted by molar-refractivity contribution is -0.0222. The first-order valence-electron chi connectivity index (χ1n) is 12.5. The number of aromatic nitrogens is 2. The largest absolute Gasteiger partial charge is 0.384 e. The zero-order valence-electron chi connectivity index (χ0n) is 20.5. The van der Waals surface area contributed by atoms with Crippen molar-refractivity contribution in [3.05, 3.63) is 41.1 Å². The van der Waals surface area contributed by atoms with Crippen molar-refractivity contribution in [2.24, 2.45) is 5.41 Å². The minimum absolute atomic E-state index is 0.167. The topological polar surface area (TPSA) is 81.6 Å². The molecule has 190 valence electrons. The van der Waals surface area contributed by atoms with E-state index in [0.717, 1.165) is 37.2 Å². The van der Waals surface area contributed by atoms with Crippen LogP contribution in [0.4, 0.5) is 26.2 Å². The zero-order chi connectivity index (χ0) is 25.3. The molecule has 1 amide bonds. The molecule has 3 aliphatic rings. The highest BCUT2D eigenvalue weighted by molar-refractivity contribution is 6.08. The van der Waals surface area contributed by atoms with Gasteiger partial charge in [0.25, 0.3) is 11.8 Å². The first-order chi connectivity index (χ1) is 17.3. The fourth-order valence-electron chi connectivity index (χ4n) is 5.08. The molecular formula is C27H31F2N5O2. The molecule has 0 atom stereocenters. The average molecular weight is 496 g/mol. The van der Waals surface area contributed by atoms with Crippen molar-refractivity contribution in [1.82, 2.24) is 9.97 Å². The molecule has 5 rings (SSSR count). The Hall–Kier alpha value is -3.25. The Morgan fingerprint density at radius 2 is 1.72 bits per heavy atom. The van der Waals surface area contributed by atoms with Gasteiger partial charge in [0, 0.05) is 56.3 Å². The van der Waals surface area contributed by atoms with Gasteiger partial charge in [0.1, 0.15) is 12.4 Å². The molecule has 7 nitrogen and oxygen atoms in total. The minimum atomic E-state index is -2.66. The maximum atomic E-state index is 13.6. The molecule has 1 aromatic carbocycles. The molecule has 2 N–H and O–H groups in total. The van der Waals surface area contributed by atoms with E-state index in [9.17, 15) is 13.6 Å². The molecule has 0 radical (unpaired) electrons. The number of alkyl halides is 2. The van der Waals surface area contributed by atoms with Gasteiger partial charge in [0.2, 0.25) is 5.95 Å². The molecule has 0 unspecified atom stereocenters. The number of hydrogen-bond acceptors (Lipinski definition) is 6. The number of amides is 1. The van der Waals surface area contributed by atoms with E-state index in [2.05, 4.69) is 32.0 Å². The SMILES string of the molecule is Cc1cc(NC(=O)c2ccc(C#CCO)cc2N2CCC3(CC2)CC3)nc(N2CCC(F)(F)CC2)n1.